The summed E-state index contributed by atoms with van der Waals surface area (Å²) in [5, 5.41) is 0.794. The minimum absolute atomic E-state index is 0.336. The first-order chi connectivity index (χ1) is 8.70. The molecule has 0 saturated heterocycles. The predicted octanol–water partition coefficient (Wildman–Crippen LogP) is 2.80. The zero-order valence-electron chi connectivity index (χ0n) is 10.7. The first-order valence-electron chi connectivity index (χ1n) is 6.34. The van der Waals surface area contributed by atoms with Crippen LogP contribution < -0.4 is 5.73 Å². The monoisotopic (exact) mass is 265 g/mol. The predicted molar refractivity (Wildman–Crippen MR) is 76.1 cm³/mol. The fourth-order valence-corrected chi connectivity index (χ4v) is 2.33. The quantitative estimate of drug-likeness (QED) is 0.889. The van der Waals surface area contributed by atoms with Crippen molar-refractivity contribution >= 4 is 11.6 Å². The first kappa shape index (κ1) is 13.2. The van der Waals surface area contributed by atoms with Gasteiger partial charge in [0.2, 0.25) is 0 Å². The smallest absolute Gasteiger partial charge is 0.0899 e. The standard InChI is InChI=1S/C14H20ClN3/c1-12(13-4-2-5-14(15)10-13)18-9-8-17(11-18)7-3-6-16/h2,4-5,8-10,12H,3,6-7,11,16H2,1H3. The maximum Gasteiger partial charge on any atom is 0.0899 e. The molecular formula is C14H20ClN3. The lowest BCUT2D eigenvalue weighted by Gasteiger charge is -2.27. The van der Waals surface area contributed by atoms with Crippen LogP contribution in [0, 0.1) is 0 Å². The van der Waals surface area contributed by atoms with Gasteiger partial charge in [-0.15, -0.1) is 0 Å². The SMILES string of the molecule is CC(c1cccc(Cl)c1)N1C=CN(CCCN)C1. The highest BCUT2D eigenvalue weighted by molar-refractivity contribution is 6.30. The normalized spacial score (nSPS) is 16.4. The van der Waals surface area contributed by atoms with Crippen LogP contribution in [0.2, 0.25) is 5.02 Å². The van der Waals surface area contributed by atoms with Gasteiger partial charge in [0.1, 0.15) is 0 Å². The van der Waals surface area contributed by atoms with E-state index in [2.05, 4.69) is 35.2 Å². The molecule has 3 nitrogen and oxygen atoms in total. The summed E-state index contributed by atoms with van der Waals surface area (Å²) in [6.07, 6.45) is 5.31. The van der Waals surface area contributed by atoms with E-state index in [4.69, 9.17) is 17.3 Å². The number of halogens is 1. The Bertz CT molecular complexity index is 419. The molecule has 1 aliphatic rings. The highest BCUT2D eigenvalue weighted by atomic mass is 35.5. The number of nitrogens with zero attached hydrogens (tertiary/aromatic N) is 2. The summed E-state index contributed by atoms with van der Waals surface area (Å²) in [5.74, 6) is 0. The second kappa shape index (κ2) is 6.12. The molecule has 1 aliphatic heterocycles. The van der Waals surface area contributed by atoms with Crippen LogP contribution in [-0.2, 0) is 0 Å². The van der Waals surface area contributed by atoms with E-state index in [1.807, 2.05) is 18.2 Å². The zero-order valence-corrected chi connectivity index (χ0v) is 11.5. The fourth-order valence-electron chi connectivity index (χ4n) is 2.13. The van der Waals surface area contributed by atoms with Gasteiger partial charge in [-0.3, -0.25) is 0 Å². The molecule has 1 unspecified atom stereocenters. The molecule has 4 heteroatoms. The molecule has 1 heterocycles. The van der Waals surface area contributed by atoms with Crippen molar-refractivity contribution in [1.82, 2.24) is 9.80 Å². The molecule has 0 aromatic heterocycles. The van der Waals surface area contributed by atoms with Crippen LogP contribution >= 0.6 is 11.6 Å². The molecule has 2 N–H and O–H groups in total. The Morgan fingerprint density at radius 2 is 2.22 bits per heavy atom. The summed E-state index contributed by atoms with van der Waals surface area (Å²) < 4.78 is 0. The molecule has 0 radical (unpaired) electrons. The van der Waals surface area contributed by atoms with Crippen molar-refractivity contribution in [3.8, 4) is 0 Å². The van der Waals surface area contributed by atoms with E-state index in [0.29, 0.717) is 6.04 Å². The van der Waals surface area contributed by atoms with E-state index in [-0.39, 0.29) is 0 Å². The lowest BCUT2D eigenvalue weighted by molar-refractivity contribution is 0.222. The van der Waals surface area contributed by atoms with Gasteiger partial charge < -0.3 is 15.5 Å². The molecule has 0 fully saturated rings. The summed E-state index contributed by atoms with van der Waals surface area (Å²) in [4.78, 5) is 4.59. The maximum atomic E-state index is 6.03. The van der Waals surface area contributed by atoms with Crippen LogP contribution in [0.1, 0.15) is 24.9 Å². The largest absolute Gasteiger partial charge is 0.359 e. The van der Waals surface area contributed by atoms with Crippen molar-refractivity contribution in [2.45, 2.75) is 19.4 Å². The summed E-state index contributed by atoms with van der Waals surface area (Å²) >= 11 is 6.03. The number of nitrogens with two attached hydrogens (primary N) is 1. The topological polar surface area (TPSA) is 32.5 Å². The Morgan fingerprint density at radius 1 is 1.39 bits per heavy atom. The van der Waals surface area contributed by atoms with Crippen LogP contribution in [0.3, 0.4) is 0 Å². The lowest BCUT2D eigenvalue weighted by atomic mass is 10.1. The van der Waals surface area contributed by atoms with Gasteiger partial charge in [-0.25, -0.2) is 0 Å². The third-order valence-electron chi connectivity index (χ3n) is 3.29. The molecule has 0 aliphatic carbocycles. The number of benzene rings is 1. The lowest BCUT2D eigenvalue weighted by Crippen LogP contribution is -2.28. The zero-order chi connectivity index (χ0) is 13.0. The van der Waals surface area contributed by atoms with Crippen LogP contribution in [0.5, 0.6) is 0 Å². The van der Waals surface area contributed by atoms with E-state index >= 15 is 0 Å². The average molecular weight is 266 g/mol. The van der Waals surface area contributed by atoms with Gasteiger partial charge in [-0.2, -0.15) is 0 Å². The molecular weight excluding hydrogens is 246 g/mol. The van der Waals surface area contributed by atoms with Gasteiger partial charge in [0.25, 0.3) is 0 Å². The van der Waals surface area contributed by atoms with Crippen molar-refractivity contribution in [2.75, 3.05) is 19.8 Å². The third kappa shape index (κ3) is 3.18. The van der Waals surface area contributed by atoms with Crippen molar-refractivity contribution < 1.29 is 0 Å². The number of hydrogen-bond donors (Lipinski definition) is 1. The van der Waals surface area contributed by atoms with E-state index in [9.17, 15) is 0 Å². The molecule has 1 atom stereocenters. The van der Waals surface area contributed by atoms with Crippen LogP contribution in [0.15, 0.2) is 36.7 Å². The molecule has 1 aromatic rings. The van der Waals surface area contributed by atoms with Gasteiger partial charge in [-0.1, -0.05) is 23.7 Å². The molecule has 0 saturated carbocycles. The van der Waals surface area contributed by atoms with E-state index in [1.165, 1.54) is 5.56 Å². The second-order valence-electron chi connectivity index (χ2n) is 4.64. The Morgan fingerprint density at radius 3 is 2.94 bits per heavy atom. The molecule has 0 spiro atoms. The molecule has 2 rings (SSSR count). The molecule has 18 heavy (non-hydrogen) atoms. The second-order valence-corrected chi connectivity index (χ2v) is 5.08. The van der Waals surface area contributed by atoms with Gasteiger partial charge >= 0.3 is 0 Å². The summed E-state index contributed by atoms with van der Waals surface area (Å²) in [6, 6.07) is 8.39. The van der Waals surface area contributed by atoms with E-state index in [0.717, 1.165) is 31.2 Å². The van der Waals surface area contributed by atoms with Crippen molar-refractivity contribution in [3.63, 3.8) is 0 Å². The first-order valence-corrected chi connectivity index (χ1v) is 6.72. The van der Waals surface area contributed by atoms with Gasteiger partial charge in [0.15, 0.2) is 0 Å². The minimum atomic E-state index is 0.336. The maximum absolute atomic E-state index is 6.03. The molecule has 1 aromatic carbocycles. The van der Waals surface area contributed by atoms with Gasteiger partial charge in [0.05, 0.1) is 12.7 Å². The van der Waals surface area contributed by atoms with Crippen molar-refractivity contribution in [2.24, 2.45) is 5.73 Å². The fraction of sp³-hybridized carbons (Fsp3) is 0.429. The van der Waals surface area contributed by atoms with Crippen LogP contribution in [0.25, 0.3) is 0 Å². The summed E-state index contributed by atoms with van der Waals surface area (Å²) in [7, 11) is 0. The molecule has 0 bridgehead atoms. The highest BCUT2D eigenvalue weighted by Crippen LogP contribution is 2.25. The summed E-state index contributed by atoms with van der Waals surface area (Å²) in [6.45, 7) is 4.88. The van der Waals surface area contributed by atoms with E-state index in [1.54, 1.807) is 0 Å². The third-order valence-corrected chi connectivity index (χ3v) is 3.53. The Labute approximate surface area is 114 Å². The van der Waals surface area contributed by atoms with Gasteiger partial charge in [-0.05, 0) is 37.6 Å². The average Bonchev–Trinajstić information content (AvgIpc) is 2.84. The van der Waals surface area contributed by atoms with Crippen LogP contribution in [0.4, 0.5) is 0 Å². The molecule has 0 amide bonds. The van der Waals surface area contributed by atoms with Crippen molar-refractivity contribution in [1.29, 1.82) is 0 Å². The Balaban J connectivity index is 1.95. The van der Waals surface area contributed by atoms with E-state index < -0.39 is 0 Å². The van der Waals surface area contributed by atoms with Gasteiger partial charge in [0, 0.05) is 24.0 Å². The minimum Gasteiger partial charge on any atom is -0.359 e. The molecule has 98 valence electrons. The summed E-state index contributed by atoms with van der Waals surface area (Å²) in [5.41, 5.74) is 6.77. The highest BCUT2D eigenvalue weighted by Gasteiger charge is 2.18. The van der Waals surface area contributed by atoms with Crippen LogP contribution in [-0.4, -0.2) is 29.6 Å². The Hall–Kier alpha value is -1.19. The number of hydrogen-bond acceptors (Lipinski definition) is 3. The van der Waals surface area contributed by atoms with Crippen molar-refractivity contribution in [3.05, 3.63) is 47.3 Å². The number of rotatable bonds is 5. The Kier molecular flexibility index (Phi) is 4.50.